The number of rotatable bonds is 3. The van der Waals surface area contributed by atoms with Gasteiger partial charge < -0.3 is 9.67 Å². The Labute approximate surface area is 111 Å². The van der Waals surface area contributed by atoms with E-state index in [1.807, 2.05) is 0 Å². The van der Waals surface area contributed by atoms with Crippen molar-refractivity contribution in [2.24, 2.45) is 0 Å². The fourth-order valence-electron chi connectivity index (χ4n) is 1.57. The van der Waals surface area contributed by atoms with Crippen LogP contribution < -0.4 is 0 Å². The van der Waals surface area contributed by atoms with Crippen molar-refractivity contribution in [1.82, 2.24) is 4.57 Å². The van der Waals surface area contributed by atoms with E-state index in [-0.39, 0.29) is 11.5 Å². The number of carbonyl (C=O) groups is 1. The molecule has 1 aromatic carbocycles. The number of carboxylic acids is 1. The van der Waals surface area contributed by atoms with Crippen molar-refractivity contribution in [3.8, 4) is 0 Å². The average molecular weight is 345 g/mol. The molecule has 1 aromatic heterocycles. The van der Waals surface area contributed by atoms with Crippen LogP contribution in [0.15, 0.2) is 36.5 Å². The van der Waals surface area contributed by atoms with Crippen LogP contribution in [0, 0.1) is 9.39 Å². The molecule has 1 N–H and O–H groups in total. The fraction of sp³-hybridized carbons (Fsp3) is 0.0833. The lowest BCUT2D eigenvalue weighted by atomic mass is 10.2. The maximum atomic E-state index is 12.7. The van der Waals surface area contributed by atoms with Gasteiger partial charge in [0.2, 0.25) is 0 Å². The highest BCUT2D eigenvalue weighted by Gasteiger charge is 2.11. The molecule has 1 heterocycles. The highest BCUT2D eigenvalue weighted by molar-refractivity contribution is 14.1. The molecule has 0 aliphatic carbocycles. The van der Waals surface area contributed by atoms with E-state index in [9.17, 15) is 9.18 Å². The molecular formula is C12H9FINO2. The van der Waals surface area contributed by atoms with Gasteiger partial charge in [0.1, 0.15) is 11.5 Å². The van der Waals surface area contributed by atoms with Crippen molar-refractivity contribution in [3.05, 3.63) is 57.2 Å². The highest BCUT2D eigenvalue weighted by atomic mass is 127. The minimum Gasteiger partial charge on any atom is -0.477 e. The second-order valence-electron chi connectivity index (χ2n) is 3.60. The van der Waals surface area contributed by atoms with Crippen LogP contribution in [0.2, 0.25) is 0 Å². The summed E-state index contributed by atoms with van der Waals surface area (Å²) < 4.78 is 15.2. The highest BCUT2D eigenvalue weighted by Crippen LogP contribution is 2.14. The lowest BCUT2D eigenvalue weighted by molar-refractivity contribution is 0.0685. The number of nitrogens with zero attached hydrogens (tertiary/aromatic N) is 1. The Kier molecular flexibility index (Phi) is 3.46. The topological polar surface area (TPSA) is 42.2 Å². The zero-order valence-corrected chi connectivity index (χ0v) is 10.9. The van der Waals surface area contributed by atoms with Crippen LogP contribution in [-0.2, 0) is 6.54 Å². The van der Waals surface area contributed by atoms with Gasteiger partial charge in [0.05, 0.1) is 0 Å². The summed E-state index contributed by atoms with van der Waals surface area (Å²) in [4.78, 5) is 11.0. The molecule has 0 unspecified atom stereocenters. The number of aromatic nitrogens is 1. The van der Waals surface area contributed by atoms with E-state index in [1.54, 1.807) is 29.0 Å². The Bertz CT molecular complexity index is 548. The van der Waals surface area contributed by atoms with E-state index in [1.165, 1.54) is 12.1 Å². The van der Waals surface area contributed by atoms with Gasteiger partial charge in [0.15, 0.2) is 0 Å². The number of hydrogen-bond acceptors (Lipinski definition) is 1. The van der Waals surface area contributed by atoms with Crippen molar-refractivity contribution in [3.63, 3.8) is 0 Å². The van der Waals surface area contributed by atoms with Gasteiger partial charge in [0, 0.05) is 16.3 Å². The van der Waals surface area contributed by atoms with Crippen LogP contribution in [0.25, 0.3) is 0 Å². The van der Waals surface area contributed by atoms with Gasteiger partial charge in [-0.05, 0) is 46.4 Å². The molecule has 5 heteroatoms. The molecule has 0 aliphatic rings. The number of halogens is 2. The van der Waals surface area contributed by atoms with Crippen molar-refractivity contribution >= 4 is 28.6 Å². The number of hydrogen-bond donors (Lipinski definition) is 1. The molecule has 3 nitrogen and oxygen atoms in total. The average Bonchev–Trinajstić information content (AvgIpc) is 2.63. The molecule has 88 valence electrons. The van der Waals surface area contributed by atoms with E-state index in [4.69, 9.17) is 5.11 Å². The Morgan fingerprint density at radius 2 is 2.00 bits per heavy atom. The summed E-state index contributed by atoms with van der Waals surface area (Å²) in [5.74, 6) is -1.26. The first-order valence-corrected chi connectivity index (χ1v) is 5.97. The van der Waals surface area contributed by atoms with Crippen molar-refractivity contribution in [2.45, 2.75) is 6.54 Å². The minimum atomic E-state index is -0.963. The first kappa shape index (κ1) is 12.1. The summed E-state index contributed by atoms with van der Waals surface area (Å²) in [5.41, 5.74) is 1.10. The molecule has 0 saturated heterocycles. The smallest absolute Gasteiger partial charge is 0.352 e. The van der Waals surface area contributed by atoms with Gasteiger partial charge in [-0.25, -0.2) is 9.18 Å². The molecule has 17 heavy (non-hydrogen) atoms. The Balaban J connectivity index is 2.29. The summed E-state index contributed by atoms with van der Waals surface area (Å²) in [6, 6.07) is 7.63. The van der Waals surface area contributed by atoms with E-state index >= 15 is 0 Å². The molecule has 0 spiro atoms. The third-order valence-corrected chi connectivity index (χ3v) is 2.94. The number of benzene rings is 1. The molecular weight excluding hydrogens is 336 g/mol. The third-order valence-electron chi connectivity index (χ3n) is 2.35. The SMILES string of the molecule is O=C(O)c1cc(I)cn1Cc1ccc(F)cc1. The van der Waals surface area contributed by atoms with Crippen LogP contribution >= 0.6 is 22.6 Å². The maximum Gasteiger partial charge on any atom is 0.352 e. The zero-order valence-electron chi connectivity index (χ0n) is 8.73. The second-order valence-corrected chi connectivity index (χ2v) is 4.85. The quantitative estimate of drug-likeness (QED) is 0.870. The molecule has 0 aliphatic heterocycles. The second kappa shape index (κ2) is 4.87. The summed E-state index contributed by atoms with van der Waals surface area (Å²) >= 11 is 2.06. The lowest BCUT2D eigenvalue weighted by Gasteiger charge is -2.06. The minimum absolute atomic E-state index is 0.235. The summed E-state index contributed by atoms with van der Waals surface area (Å²) in [5, 5.41) is 9.02. The van der Waals surface area contributed by atoms with Gasteiger partial charge in [0.25, 0.3) is 0 Å². The molecule has 2 rings (SSSR count). The third kappa shape index (κ3) is 2.85. The first-order valence-electron chi connectivity index (χ1n) is 4.89. The van der Waals surface area contributed by atoms with Gasteiger partial charge in [-0.15, -0.1) is 0 Å². The normalized spacial score (nSPS) is 10.5. The summed E-state index contributed by atoms with van der Waals surface area (Å²) in [7, 11) is 0. The van der Waals surface area contributed by atoms with Crippen LogP contribution in [0.3, 0.4) is 0 Å². The summed E-state index contributed by atoms with van der Waals surface area (Å²) in [6.45, 7) is 0.422. The standard InChI is InChI=1S/C12H9FINO2/c13-9-3-1-8(2-4-9)6-15-7-10(14)5-11(15)12(16)17/h1-5,7H,6H2,(H,16,17). The zero-order chi connectivity index (χ0) is 12.4. The summed E-state index contributed by atoms with van der Waals surface area (Å²) in [6.07, 6.45) is 1.76. The molecule has 0 atom stereocenters. The molecule has 0 fully saturated rings. The Morgan fingerprint density at radius 1 is 1.35 bits per heavy atom. The van der Waals surface area contributed by atoms with E-state index < -0.39 is 5.97 Å². The lowest BCUT2D eigenvalue weighted by Crippen LogP contribution is -2.08. The monoisotopic (exact) mass is 345 g/mol. The van der Waals surface area contributed by atoms with Crippen LogP contribution in [0.5, 0.6) is 0 Å². The number of carboxylic acid groups (broad SMARTS) is 1. The van der Waals surface area contributed by atoms with Crippen molar-refractivity contribution in [1.29, 1.82) is 0 Å². The van der Waals surface area contributed by atoms with E-state index in [0.717, 1.165) is 9.13 Å². The van der Waals surface area contributed by atoms with Crippen LogP contribution in [-0.4, -0.2) is 15.6 Å². The van der Waals surface area contributed by atoms with Crippen molar-refractivity contribution < 1.29 is 14.3 Å². The Hall–Kier alpha value is -1.37. The molecule has 0 bridgehead atoms. The first-order chi connectivity index (χ1) is 8.06. The van der Waals surface area contributed by atoms with Crippen LogP contribution in [0.4, 0.5) is 4.39 Å². The van der Waals surface area contributed by atoms with Gasteiger partial charge >= 0.3 is 5.97 Å². The van der Waals surface area contributed by atoms with Gasteiger partial charge in [-0.2, -0.15) is 0 Å². The predicted molar refractivity (Wildman–Crippen MR) is 69.6 cm³/mol. The molecule has 0 amide bonds. The maximum absolute atomic E-state index is 12.7. The van der Waals surface area contributed by atoms with Gasteiger partial charge in [-0.3, -0.25) is 0 Å². The van der Waals surface area contributed by atoms with E-state index in [2.05, 4.69) is 22.6 Å². The van der Waals surface area contributed by atoms with E-state index in [0.29, 0.717) is 6.54 Å². The Morgan fingerprint density at radius 3 is 2.59 bits per heavy atom. The van der Waals surface area contributed by atoms with Crippen molar-refractivity contribution in [2.75, 3.05) is 0 Å². The van der Waals surface area contributed by atoms with Crippen LogP contribution in [0.1, 0.15) is 16.1 Å². The fourth-order valence-corrected chi connectivity index (χ4v) is 2.20. The molecule has 0 radical (unpaired) electrons. The largest absolute Gasteiger partial charge is 0.477 e. The van der Waals surface area contributed by atoms with Gasteiger partial charge in [-0.1, -0.05) is 12.1 Å². The molecule has 0 saturated carbocycles. The number of aromatic carboxylic acids is 1. The predicted octanol–water partition coefficient (Wildman–Crippen LogP) is 2.98. The molecule has 2 aromatic rings.